The molecule has 5 nitrogen and oxygen atoms in total. The summed E-state index contributed by atoms with van der Waals surface area (Å²) >= 11 is 0. The molecule has 0 aliphatic carbocycles. The Kier molecular flexibility index (Phi) is 3.96. The molecule has 0 amide bonds. The Labute approximate surface area is 113 Å². The minimum atomic E-state index is -0.513. The second kappa shape index (κ2) is 5.86. The minimum absolute atomic E-state index is 0.147. The quantitative estimate of drug-likeness (QED) is 0.902. The van der Waals surface area contributed by atoms with Crippen LogP contribution in [0, 0.1) is 0 Å². The van der Waals surface area contributed by atoms with Crippen molar-refractivity contribution in [3.63, 3.8) is 0 Å². The summed E-state index contributed by atoms with van der Waals surface area (Å²) in [5.41, 5.74) is 1.47. The standard InChI is InChI=1S/C14H20N2O3/c17-12-5-4-11(10-16-6-2-1-3-7-16)15-13(12)14-18-8-9-19-14/h4-5,14,17H,1-3,6-10H2. The van der Waals surface area contributed by atoms with Crippen molar-refractivity contribution >= 4 is 0 Å². The van der Waals surface area contributed by atoms with Crippen LogP contribution in [-0.2, 0) is 16.0 Å². The summed E-state index contributed by atoms with van der Waals surface area (Å²) in [6.45, 7) is 4.22. The molecular formula is C14H20N2O3. The van der Waals surface area contributed by atoms with E-state index in [1.807, 2.05) is 6.07 Å². The van der Waals surface area contributed by atoms with Crippen molar-refractivity contribution in [1.82, 2.24) is 9.88 Å². The summed E-state index contributed by atoms with van der Waals surface area (Å²) in [7, 11) is 0. The number of aromatic hydroxyl groups is 1. The highest BCUT2D eigenvalue weighted by atomic mass is 16.7. The van der Waals surface area contributed by atoms with E-state index in [0.29, 0.717) is 18.9 Å². The molecule has 2 aliphatic heterocycles. The van der Waals surface area contributed by atoms with E-state index in [1.165, 1.54) is 19.3 Å². The summed E-state index contributed by atoms with van der Waals surface area (Å²) < 4.78 is 10.8. The third-order valence-corrected chi connectivity index (χ3v) is 3.64. The van der Waals surface area contributed by atoms with Crippen LogP contribution in [0.1, 0.15) is 36.9 Å². The largest absolute Gasteiger partial charge is 0.506 e. The van der Waals surface area contributed by atoms with Gasteiger partial charge in [-0.05, 0) is 38.1 Å². The molecule has 0 atom stereocenters. The smallest absolute Gasteiger partial charge is 0.204 e. The van der Waals surface area contributed by atoms with E-state index in [-0.39, 0.29) is 5.75 Å². The highest BCUT2D eigenvalue weighted by molar-refractivity contribution is 5.29. The van der Waals surface area contributed by atoms with Gasteiger partial charge in [0, 0.05) is 6.54 Å². The van der Waals surface area contributed by atoms with E-state index in [0.717, 1.165) is 25.3 Å². The van der Waals surface area contributed by atoms with E-state index < -0.39 is 6.29 Å². The van der Waals surface area contributed by atoms with Crippen molar-refractivity contribution in [2.45, 2.75) is 32.1 Å². The van der Waals surface area contributed by atoms with Gasteiger partial charge in [-0.25, -0.2) is 4.98 Å². The third kappa shape index (κ3) is 3.05. The predicted octanol–water partition coefficient (Wildman–Crippen LogP) is 1.82. The summed E-state index contributed by atoms with van der Waals surface area (Å²) in [4.78, 5) is 6.91. The molecule has 3 rings (SSSR count). The lowest BCUT2D eigenvalue weighted by Gasteiger charge is -2.26. The van der Waals surface area contributed by atoms with Crippen LogP contribution in [-0.4, -0.2) is 41.3 Å². The fraction of sp³-hybridized carbons (Fsp3) is 0.643. The molecule has 2 saturated heterocycles. The molecule has 2 aliphatic rings. The first-order chi connectivity index (χ1) is 9.33. The van der Waals surface area contributed by atoms with Crippen LogP contribution in [0.5, 0.6) is 5.75 Å². The molecule has 0 saturated carbocycles. The van der Waals surface area contributed by atoms with Gasteiger partial charge in [0.05, 0.1) is 18.9 Å². The molecule has 0 bridgehead atoms. The lowest BCUT2D eigenvalue weighted by Crippen LogP contribution is -2.29. The molecule has 1 N–H and O–H groups in total. The zero-order valence-corrected chi connectivity index (χ0v) is 11.0. The van der Waals surface area contributed by atoms with Gasteiger partial charge in [0.25, 0.3) is 0 Å². The third-order valence-electron chi connectivity index (χ3n) is 3.64. The monoisotopic (exact) mass is 264 g/mol. The average Bonchev–Trinajstić information content (AvgIpc) is 2.96. The molecule has 0 unspecified atom stereocenters. The highest BCUT2D eigenvalue weighted by Crippen LogP contribution is 2.29. The van der Waals surface area contributed by atoms with Crippen molar-refractivity contribution in [1.29, 1.82) is 0 Å². The number of hydrogen-bond donors (Lipinski definition) is 1. The SMILES string of the molecule is Oc1ccc(CN2CCCCC2)nc1C1OCCO1. The first kappa shape index (κ1) is 12.8. The Morgan fingerprint density at radius 2 is 1.89 bits per heavy atom. The Balaban J connectivity index is 1.72. The molecule has 2 fully saturated rings. The van der Waals surface area contributed by atoms with Gasteiger partial charge in [-0.2, -0.15) is 0 Å². The fourth-order valence-corrected chi connectivity index (χ4v) is 2.63. The second-order valence-corrected chi connectivity index (χ2v) is 5.12. The summed E-state index contributed by atoms with van der Waals surface area (Å²) in [5, 5.41) is 9.87. The normalized spacial score (nSPS) is 21.9. The number of piperidine rings is 1. The van der Waals surface area contributed by atoms with Gasteiger partial charge in [-0.1, -0.05) is 6.42 Å². The van der Waals surface area contributed by atoms with Crippen molar-refractivity contribution in [3.05, 3.63) is 23.5 Å². The lowest BCUT2D eigenvalue weighted by atomic mass is 10.1. The summed E-state index contributed by atoms with van der Waals surface area (Å²) in [5.74, 6) is 0.147. The van der Waals surface area contributed by atoms with Gasteiger partial charge < -0.3 is 14.6 Å². The number of rotatable bonds is 3. The van der Waals surface area contributed by atoms with Gasteiger partial charge in [0.1, 0.15) is 11.4 Å². The van der Waals surface area contributed by atoms with Crippen molar-refractivity contribution in [2.24, 2.45) is 0 Å². The van der Waals surface area contributed by atoms with Gasteiger partial charge in [0.15, 0.2) is 0 Å². The first-order valence-electron chi connectivity index (χ1n) is 6.97. The number of pyridine rings is 1. The van der Waals surface area contributed by atoms with Crippen LogP contribution in [0.25, 0.3) is 0 Å². The molecule has 0 radical (unpaired) electrons. The molecular weight excluding hydrogens is 244 g/mol. The topological polar surface area (TPSA) is 54.8 Å². The van der Waals surface area contributed by atoms with E-state index in [9.17, 15) is 5.11 Å². The van der Waals surface area contributed by atoms with Crippen LogP contribution >= 0.6 is 0 Å². The predicted molar refractivity (Wildman–Crippen MR) is 69.7 cm³/mol. The van der Waals surface area contributed by atoms with Gasteiger partial charge >= 0.3 is 0 Å². The molecule has 104 valence electrons. The Bertz CT molecular complexity index is 427. The van der Waals surface area contributed by atoms with Crippen LogP contribution in [0.2, 0.25) is 0 Å². The molecule has 0 spiro atoms. The maximum absolute atomic E-state index is 9.87. The summed E-state index contributed by atoms with van der Waals surface area (Å²) in [6.07, 6.45) is 3.34. The van der Waals surface area contributed by atoms with Gasteiger partial charge in [0.2, 0.25) is 6.29 Å². The van der Waals surface area contributed by atoms with E-state index in [2.05, 4.69) is 9.88 Å². The van der Waals surface area contributed by atoms with Crippen LogP contribution in [0.4, 0.5) is 0 Å². The number of ether oxygens (including phenoxy) is 2. The molecule has 3 heterocycles. The molecule has 1 aromatic heterocycles. The highest BCUT2D eigenvalue weighted by Gasteiger charge is 2.23. The zero-order valence-electron chi connectivity index (χ0n) is 11.0. The first-order valence-corrected chi connectivity index (χ1v) is 6.97. The maximum atomic E-state index is 9.87. The van der Waals surface area contributed by atoms with Crippen LogP contribution in [0.3, 0.4) is 0 Å². The number of nitrogens with zero attached hydrogens (tertiary/aromatic N) is 2. The van der Waals surface area contributed by atoms with E-state index >= 15 is 0 Å². The van der Waals surface area contributed by atoms with Gasteiger partial charge in [-0.3, -0.25) is 4.90 Å². The van der Waals surface area contributed by atoms with Crippen LogP contribution in [0.15, 0.2) is 12.1 Å². The van der Waals surface area contributed by atoms with Crippen molar-refractivity contribution < 1.29 is 14.6 Å². The zero-order chi connectivity index (χ0) is 13.1. The number of hydrogen-bond acceptors (Lipinski definition) is 5. The Hall–Kier alpha value is -1.17. The Morgan fingerprint density at radius 1 is 1.16 bits per heavy atom. The van der Waals surface area contributed by atoms with Crippen molar-refractivity contribution in [2.75, 3.05) is 26.3 Å². The van der Waals surface area contributed by atoms with Crippen molar-refractivity contribution in [3.8, 4) is 5.75 Å². The van der Waals surface area contributed by atoms with E-state index in [4.69, 9.17) is 9.47 Å². The summed E-state index contributed by atoms with van der Waals surface area (Å²) in [6, 6.07) is 3.56. The molecule has 1 aromatic rings. The molecule has 5 heteroatoms. The number of aromatic nitrogens is 1. The number of likely N-dealkylation sites (tertiary alicyclic amines) is 1. The lowest BCUT2D eigenvalue weighted by molar-refractivity contribution is -0.0489. The minimum Gasteiger partial charge on any atom is -0.506 e. The average molecular weight is 264 g/mol. The maximum Gasteiger partial charge on any atom is 0.204 e. The second-order valence-electron chi connectivity index (χ2n) is 5.12. The Morgan fingerprint density at radius 3 is 2.63 bits per heavy atom. The molecule has 0 aromatic carbocycles. The molecule has 19 heavy (non-hydrogen) atoms. The van der Waals surface area contributed by atoms with Gasteiger partial charge in [-0.15, -0.1) is 0 Å². The van der Waals surface area contributed by atoms with Crippen LogP contribution < -0.4 is 0 Å². The van der Waals surface area contributed by atoms with E-state index in [1.54, 1.807) is 6.07 Å². The fourth-order valence-electron chi connectivity index (χ4n) is 2.63.